The van der Waals surface area contributed by atoms with Crippen LogP contribution in [0.4, 0.5) is 0 Å². The van der Waals surface area contributed by atoms with Gasteiger partial charge in [0.25, 0.3) is 10.0 Å². The molecule has 0 aliphatic carbocycles. The summed E-state index contributed by atoms with van der Waals surface area (Å²) in [7, 11) is -0.941. The number of hydrazone groups is 1. The fraction of sp³-hybridized carbons (Fsp3) is 0.231. The Kier molecular flexibility index (Phi) is 6.79. The highest BCUT2D eigenvalue weighted by Crippen LogP contribution is 2.41. The zero-order valence-corrected chi connectivity index (χ0v) is 20.7. The summed E-state index contributed by atoms with van der Waals surface area (Å²) in [4.78, 5) is 11.8. The lowest BCUT2D eigenvalue weighted by atomic mass is 9.98. The van der Waals surface area contributed by atoms with Gasteiger partial charge in [-0.25, -0.2) is 0 Å². The smallest absolute Gasteiger partial charge is 0.308 e. The van der Waals surface area contributed by atoms with Gasteiger partial charge >= 0.3 is 5.97 Å². The molecule has 0 aromatic heterocycles. The molecule has 4 rings (SSSR count). The molecule has 0 saturated carbocycles. The van der Waals surface area contributed by atoms with Crippen molar-refractivity contribution in [3.63, 3.8) is 0 Å². The fourth-order valence-corrected chi connectivity index (χ4v) is 5.38. The average molecular weight is 495 g/mol. The molecule has 0 bridgehead atoms. The summed E-state index contributed by atoms with van der Waals surface area (Å²) in [5.74, 6) is 0.853. The fourth-order valence-electron chi connectivity index (χ4n) is 3.95. The lowest BCUT2D eigenvalue weighted by Crippen LogP contribution is -2.27. The van der Waals surface area contributed by atoms with Crippen molar-refractivity contribution in [3.05, 3.63) is 83.4 Å². The van der Waals surface area contributed by atoms with Gasteiger partial charge in [0.2, 0.25) is 0 Å². The molecule has 3 aromatic rings. The largest absolute Gasteiger partial charge is 0.493 e. The van der Waals surface area contributed by atoms with Crippen LogP contribution in [0, 0.1) is 6.92 Å². The van der Waals surface area contributed by atoms with Crippen LogP contribution in [0.2, 0.25) is 0 Å². The molecule has 0 saturated heterocycles. The molecule has 35 heavy (non-hydrogen) atoms. The topological polar surface area (TPSA) is 94.5 Å². The van der Waals surface area contributed by atoms with Crippen molar-refractivity contribution in [2.24, 2.45) is 5.10 Å². The van der Waals surface area contributed by atoms with Crippen LogP contribution >= 0.6 is 0 Å². The Balaban J connectivity index is 1.84. The number of para-hydroxylation sites is 1. The first-order chi connectivity index (χ1) is 16.7. The van der Waals surface area contributed by atoms with Crippen molar-refractivity contribution in [2.45, 2.75) is 31.2 Å². The Hall–Kier alpha value is -3.85. The maximum Gasteiger partial charge on any atom is 0.308 e. The predicted molar refractivity (Wildman–Crippen MR) is 131 cm³/mol. The lowest BCUT2D eigenvalue weighted by Gasteiger charge is -2.24. The van der Waals surface area contributed by atoms with Crippen molar-refractivity contribution >= 4 is 21.7 Å². The van der Waals surface area contributed by atoms with Gasteiger partial charge in [-0.15, -0.1) is 0 Å². The molecule has 1 atom stereocenters. The van der Waals surface area contributed by atoms with Gasteiger partial charge in [0, 0.05) is 18.9 Å². The number of carbonyl (C=O) groups excluding carboxylic acids is 1. The second-order valence-corrected chi connectivity index (χ2v) is 9.86. The van der Waals surface area contributed by atoms with Crippen molar-refractivity contribution in [2.75, 3.05) is 14.2 Å². The standard InChI is InChI=1S/C26H26N2O6S/c1-17-9-12-20(13-10-17)35(30,31)28-23(19-11-14-25(32-3)26(15-19)33-4)16-22(27-28)21-7-5-6-8-24(21)34-18(2)29/h5-15,23H,16H2,1-4H3. The van der Waals surface area contributed by atoms with Crippen LogP contribution in [-0.2, 0) is 14.8 Å². The molecule has 8 nitrogen and oxygen atoms in total. The molecule has 0 radical (unpaired) electrons. The zero-order valence-electron chi connectivity index (χ0n) is 19.9. The Bertz CT molecular complexity index is 1380. The molecular weight excluding hydrogens is 468 g/mol. The van der Waals surface area contributed by atoms with Gasteiger partial charge in [-0.3, -0.25) is 4.79 Å². The molecule has 3 aromatic carbocycles. The predicted octanol–water partition coefficient (Wildman–Crippen LogP) is 4.48. The minimum Gasteiger partial charge on any atom is -0.493 e. The van der Waals surface area contributed by atoms with Crippen LogP contribution in [-0.4, -0.2) is 38.7 Å². The molecular formula is C26H26N2O6S. The van der Waals surface area contributed by atoms with E-state index in [2.05, 4.69) is 5.10 Å². The summed E-state index contributed by atoms with van der Waals surface area (Å²) in [6.45, 7) is 3.20. The van der Waals surface area contributed by atoms with Crippen molar-refractivity contribution < 1.29 is 27.4 Å². The summed E-state index contributed by atoms with van der Waals surface area (Å²) in [5, 5.41) is 4.55. The molecule has 1 unspecified atom stereocenters. The van der Waals surface area contributed by atoms with Gasteiger partial charge in [-0.05, 0) is 48.9 Å². The highest BCUT2D eigenvalue weighted by atomic mass is 32.2. The third-order valence-corrected chi connectivity index (χ3v) is 7.38. The Morgan fingerprint density at radius 2 is 1.63 bits per heavy atom. The van der Waals surface area contributed by atoms with E-state index in [1.807, 2.05) is 6.92 Å². The number of benzene rings is 3. The molecule has 182 valence electrons. The summed E-state index contributed by atoms with van der Waals surface area (Å²) >= 11 is 0. The highest BCUT2D eigenvalue weighted by Gasteiger charge is 2.38. The highest BCUT2D eigenvalue weighted by molar-refractivity contribution is 7.89. The third kappa shape index (κ3) is 4.85. The first kappa shape index (κ1) is 24.3. The first-order valence-corrected chi connectivity index (χ1v) is 12.4. The summed E-state index contributed by atoms with van der Waals surface area (Å²) in [5.41, 5.74) is 2.66. The summed E-state index contributed by atoms with van der Waals surface area (Å²) in [6, 6.07) is 18.2. The number of methoxy groups -OCH3 is 2. The van der Waals surface area contributed by atoms with Crippen molar-refractivity contribution in [3.8, 4) is 17.2 Å². The van der Waals surface area contributed by atoms with Crippen LogP contribution in [0.25, 0.3) is 0 Å². The Morgan fingerprint density at radius 1 is 0.943 bits per heavy atom. The first-order valence-electron chi connectivity index (χ1n) is 10.9. The molecule has 0 amide bonds. The minimum absolute atomic E-state index is 0.131. The van der Waals surface area contributed by atoms with Gasteiger partial charge in [0.05, 0.1) is 30.9 Å². The van der Waals surface area contributed by atoms with Gasteiger partial charge in [-0.2, -0.15) is 17.9 Å². The number of nitrogens with zero attached hydrogens (tertiary/aromatic N) is 2. The van der Waals surface area contributed by atoms with Gasteiger partial charge in [0.1, 0.15) is 5.75 Å². The zero-order chi connectivity index (χ0) is 25.2. The van der Waals surface area contributed by atoms with Crippen molar-refractivity contribution in [1.29, 1.82) is 0 Å². The van der Waals surface area contributed by atoms with E-state index < -0.39 is 22.0 Å². The Labute approximate surface area is 204 Å². The third-order valence-electron chi connectivity index (χ3n) is 5.68. The van der Waals surface area contributed by atoms with Gasteiger partial charge < -0.3 is 14.2 Å². The molecule has 1 aliphatic rings. The van der Waals surface area contributed by atoms with E-state index in [4.69, 9.17) is 14.2 Å². The van der Waals surface area contributed by atoms with E-state index in [9.17, 15) is 13.2 Å². The SMILES string of the molecule is COc1ccc(C2CC(c3ccccc3OC(C)=O)=NN2S(=O)(=O)c2ccc(C)cc2)cc1OC. The van der Waals surface area contributed by atoms with E-state index in [1.165, 1.54) is 21.1 Å². The molecule has 1 heterocycles. The molecule has 0 fully saturated rings. The Morgan fingerprint density at radius 3 is 2.29 bits per heavy atom. The van der Waals surface area contributed by atoms with E-state index in [1.54, 1.807) is 66.7 Å². The van der Waals surface area contributed by atoms with Crippen LogP contribution in [0.5, 0.6) is 17.2 Å². The van der Waals surface area contributed by atoms with Crippen LogP contribution in [0.1, 0.15) is 36.1 Å². The number of ether oxygens (including phenoxy) is 3. The molecule has 9 heteroatoms. The summed E-state index contributed by atoms with van der Waals surface area (Å²) < 4.78 is 44.7. The monoisotopic (exact) mass is 494 g/mol. The number of carbonyl (C=O) groups is 1. The second-order valence-electron chi connectivity index (χ2n) is 8.06. The number of sulfonamides is 1. The summed E-state index contributed by atoms with van der Waals surface area (Å²) in [6.07, 6.45) is 0.263. The molecule has 0 N–H and O–H groups in total. The van der Waals surface area contributed by atoms with E-state index in [0.29, 0.717) is 34.1 Å². The van der Waals surface area contributed by atoms with E-state index >= 15 is 0 Å². The minimum atomic E-state index is -4.00. The van der Waals surface area contributed by atoms with Crippen LogP contribution in [0.15, 0.2) is 76.7 Å². The van der Waals surface area contributed by atoms with E-state index in [0.717, 1.165) is 9.98 Å². The number of hydrogen-bond donors (Lipinski definition) is 0. The second kappa shape index (κ2) is 9.79. The van der Waals surface area contributed by atoms with Gasteiger partial charge in [0.15, 0.2) is 11.5 Å². The maximum atomic E-state index is 13.7. The average Bonchev–Trinajstić information content (AvgIpc) is 3.30. The lowest BCUT2D eigenvalue weighted by molar-refractivity contribution is -0.131. The maximum absolute atomic E-state index is 13.7. The number of aryl methyl sites for hydroxylation is 1. The van der Waals surface area contributed by atoms with Crippen LogP contribution < -0.4 is 14.2 Å². The van der Waals surface area contributed by atoms with Gasteiger partial charge in [-0.1, -0.05) is 35.9 Å². The normalized spacial score (nSPS) is 15.5. The van der Waals surface area contributed by atoms with Crippen LogP contribution in [0.3, 0.4) is 0 Å². The molecule has 0 spiro atoms. The number of rotatable bonds is 7. The number of esters is 1. The quantitative estimate of drug-likeness (QED) is 0.355. The van der Waals surface area contributed by atoms with E-state index in [-0.39, 0.29) is 11.3 Å². The van der Waals surface area contributed by atoms with Crippen molar-refractivity contribution in [1.82, 2.24) is 4.41 Å². The molecule has 1 aliphatic heterocycles. The number of hydrogen-bond acceptors (Lipinski definition) is 7.